The van der Waals surface area contributed by atoms with Gasteiger partial charge in [-0.05, 0) is 53.6 Å². The summed E-state index contributed by atoms with van der Waals surface area (Å²) in [6.45, 7) is 10.7. The summed E-state index contributed by atoms with van der Waals surface area (Å²) in [7, 11) is 3.24. The van der Waals surface area contributed by atoms with E-state index in [0.29, 0.717) is 10.9 Å². The van der Waals surface area contributed by atoms with Gasteiger partial charge in [0.15, 0.2) is 0 Å². The standard InChI is InChI=1S/C26H29N3O2/c1-16-8-13-20(14-17(16)2)29-15-21-22(24(30)28(7)25(31)27(21)6)23(29)18-9-11-19(12-10-18)26(3,4)5/h8-15H,1-7H3. The predicted molar refractivity (Wildman–Crippen MR) is 127 cm³/mol. The van der Waals surface area contributed by atoms with Crippen molar-refractivity contribution >= 4 is 10.9 Å². The van der Waals surface area contributed by atoms with Gasteiger partial charge in [0.2, 0.25) is 0 Å². The van der Waals surface area contributed by atoms with Crippen molar-refractivity contribution < 1.29 is 0 Å². The van der Waals surface area contributed by atoms with Gasteiger partial charge in [-0.2, -0.15) is 0 Å². The van der Waals surface area contributed by atoms with E-state index in [1.807, 2.05) is 10.8 Å². The molecule has 0 radical (unpaired) electrons. The van der Waals surface area contributed by atoms with Crippen molar-refractivity contribution in [1.29, 1.82) is 0 Å². The molecule has 2 aromatic heterocycles. The van der Waals surface area contributed by atoms with Crippen LogP contribution in [0.15, 0.2) is 58.3 Å². The molecule has 0 aliphatic heterocycles. The van der Waals surface area contributed by atoms with Gasteiger partial charge in [-0.1, -0.05) is 51.1 Å². The Hall–Kier alpha value is -3.34. The molecule has 0 aliphatic rings. The van der Waals surface area contributed by atoms with Crippen LogP contribution in [0.25, 0.3) is 27.8 Å². The number of aromatic nitrogens is 3. The minimum Gasteiger partial charge on any atom is -0.314 e. The third-order valence-corrected chi connectivity index (χ3v) is 6.23. The second-order valence-electron chi connectivity index (χ2n) is 9.41. The molecule has 5 nitrogen and oxygen atoms in total. The summed E-state index contributed by atoms with van der Waals surface area (Å²) in [6.07, 6.45) is 1.90. The topological polar surface area (TPSA) is 48.9 Å². The molecule has 0 aliphatic carbocycles. The number of nitrogens with zero attached hydrogens (tertiary/aromatic N) is 3. The second-order valence-corrected chi connectivity index (χ2v) is 9.41. The Bertz CT molecular complexity index is 1430. The first-order valence-corrected chi connectivity index (χ1v) is 10.5. The van der Waals surface area contributed by atoms with Crippen LogP contribution in [0.2, 0.25) is 0 Å². The molecule has 0 bridgehead atoms. The van der Waals surface area contributed by atoms with Gasteiger partial charge >= 0.3 is 5.69 Å². The molecule has 0 atom stereocenters. The monoisotopic (exact) mass is 415 g/mol. The molecule has 2 heterocycles. The predicted octanol–water partition coefficient (Wildman–Crippen LogP) is 4.61. The fourth-order valence-electron chi connectivity index (χ4n) is 4.03. The summed E-state index contributed by atoms with van der Waals surface area (Å²) in [5.41, 5.74) is 6.37. The zero-order valence-electron chi connectivity index (χ0n) is 19.3. The Morgan fingerprint density at radius 3 is 2.03 bits per heavy atom. The maximum Gasteiger partial charge on any atom is 0.330 e. The highest BCUT2D eigenvalue weighted by molar-refractivity contribution is 5.94. The Balaban J connectivity index is 2.12. The van der Waals surface area contributed by atoms with Gasteiger partial charge in [-0.15, -0.1) is 0 Å². The highest BCUT2D eigenvalue weighted by Gasteiger charge is 2.21. The summed E-state index contributed by atoms with van der Waals surface area (Å²) in [6, 6.07) is 14.6. The Labute approximate surface area is 182 Å². The van der Waals surface area contributed by atoms with E-state index in [-0.39, 0.29) is 16.7 Å². The van der Waals surface area contributed by atoms with E-state index >= 15 is 0 Å². The fraction of sp³-hybridized carbons (Fsp3) is 0.308. The zero-order chi connectivity index (χ0) is 22.7. The summed E-state index contributed by atoms with van der Waals surface area (Å²) in [5, 5.41) is 0.548. The first kappa shape index (κ1) is 20.9. The lowest BCUT2D eigenvalue weighted by molar-refractivity contribution is 0.590. The van der Waals surface area contributed by atoms with Crippen molar-refractivity contribution in [3.63, 3.8) is 0 Å². The molecule has 0 N–H and O–H groups in total. The Kier molecular flexibility index (Phi) is 4.80. The van der Waals surface area contributed by atoms with Crippen molar-refractivity contribution in [2.24, 2.45) is 14.1 Å². The van der Waals surface area contributed by atoms with Crippen LogP contribution in [-0.2, 0) is 19.5 Å². The number of hydrogen-bond acceptors (Lipinski definition) is 2. The van der Waals surface area contributed by atoms with E-state index in [1.165, 1.54) is 28.3 Å². The van der Waals surface area contributed by atoms with Crippen LogP contribution in [0.3, 0.4) is 0 Å². The summed E-state index contributed by atoms with van der Waals surface area (Å²) >= 11 is 0. The lowest BCUT2D eigenvalue weighted by Gasteiger charge is -2.19. The Morgan fingerprint density at radius 2 is 1.45 bits per heavy atom. The third-order valence-electron chi connectivity index (χ3n) is 6.23. The molecule has 2 aromatic carbocycles. The van der Waals surface area contributed by atoms with Crippen molar-refractivity contribution in [1.82, 2.24) is 13.7 Å². The van der Waals surface area contributed by atoms with E-state index in [2.05, 4.69) is 77.1 Å². The average Bonchev–Trinajstić information content (AvgIpc) is 3.13. The molecular formula is C26H29N3O2. The van der Waals surface area contributed by atoms with Gasteiger partial charge in [0.05, 0.1) is 16.6 Å². The summed E-state index contributed by atoms with van der Waals surface area (Å²) in [5.74, 6) is 0. The SMILES string of the molecule is Cc1ccc(-n2cc3c(c2-c2ccc(C(C)(C)C)cc2)c(=O)n(C)c(=O)n3C)cc1C. The molecule has 4 rings (SSSR count). The molecular weight excluding hydrogens is 386 g/mol. The largest absolute Gasteiger partial charge is 0.330 e. The first-order chi connectivity index (χ1) is 14.5. The van der Waals surface area contributed by atoms with E-state index < -0.39 is 0 Å². The van der Waals surface area contributed by atoms with Crippen LogP contribution < -0.4 is 11.2 Å². The summed E-state index contributed by atoms with van der Waals surface area (Å²) < 4.78 is 4.76. The molecule has 4 aromatic rings. The van der Waals surface area contributed by atoms with E-state index in [4.69, 9.17) is 0 Å². The van der Waals surface area contributed by atoms with Crippen molar-refractivity contribution in [3.8, 4) is 16.9 Å². The van der Waals surface area contributed by atoms with Crippen LogP contribution in [0, 0.1) is 13.8 Å². The van der Waals surface area contributed by atoms with Crippen molar-refractivity contribution in [2.75, 3.05) is 0 Å². The number of hydrogen-bond donors (Lipinski definition) is 0. The number of aryl methyl sites for hydroxylation is 3. The van der Waals surface area contributed by atoms with Crippen LogP contribution in [0.4, 0.5) is 0 Å². The lowest BCUT2D eigenvalue weighted by Crippen LogP contribution is -2.36. The molecule has 160 valence electrons. The number of benzene rings is 2. The molecule has 31 heavy (non-hydrogen) atoms. The van der Waals surface area contributed by atoms with Gasteiger partial charge < -0.3 is 4.57 Å². The highest BCUT2D eigenvalue weighted by Crippen LogP contribution is 2.33. The van der Waals surface area contributed by atoms with Crippen LogP contribution in [0.5, 0.6) is 0 Å². The Morgan fingerprint density at radius 1 is 0.806 bits per heavy atom. The first-order valence-electron chi connectivity index (χ1n) is 10.5. The molecule has 5 heteroatoms. The lowest BCUT2D eigenvalue weighted by atomic mass is 9.86. The average molecular weight is 416 g/mol. The zero-order valence-corrected chi connectivity index (χ0v) is 19.3. The quantitative estimate of drug-likeness (QED) is 0.480. The summed E-state index contributed by atoms with van der Waals surface area (Å²) in [4.78, 5) is 25.8. The van der Waals surface area contributed by atoms with Crippen LogP contribution in [0.1, 0.15) is 37.5 Å². The number of fused-ring (bicyclic) bond motifs is 1. The minimum absolute atomic E-state index is 0.0384. The minimum atomic E-state index is -0.329. The van der Waals surface area contributed by atoms with Crippen LogP contribution in [-0.4, -0.2) is 13.7 Å². The highest BCUT2D eigenvalue weighted by atomic mass is 16.2. The van der Waals surface area contributed by atoms with E-state index in [1.54, 1.807) is 11.6 Å². The third kappa shape index (κ3) is 3.34. The van der Waals surface area contributed by atoms with Gasteiger partial charge in [-0.25, -0.2) is 4.79 Å². The molecule has 0 saturated carbocycles. The smallest absolute Gasteiger partial charge is 0.314 e. The van der Waals surface area contributed by atoms with Crippen LogP contribution >= 0.6 is 0 Å². The number of rotatable bonds is 2. The maximum atomic E-state index is 13.2. The fourth-order valence-corrected chi connectivity index (χ4v) is 4.03. The molecule has 0 amide bonds. The van der Waals surface area contributed by atoms with Gasteiger partial charge in [0, 0.05) is 26.0 Å². The van der Waals surface area contributed by atoms with Crippen molar-refractivity contribution in [2.45, 2.75) is 40.0 Å². The van der Waals surface area contributed by atoms with E-state index in [9.17, 15) is 9.59 Å². The molecule has 0 fully saturated rings. The van der Waals surface area contributed by atoms with Crippen molar-refractivity contribution in [3.05, 3.63) is 86.2 Å². The van der Waals surface area contributed by atoms with Gasteiger partial charge in [0.1, 0.15) is 0 Å². The molecule has 0 saturated heterocycles. The maximum absolute atomic E-state index is 13.2. The van der Waals surface area contributed by atoms with Gasteiger partial charge in [-0.3, -0.25) is 13.9 Å². The van der Waals surface area contributed by atoms with Gasteiger partial charge in [0.25, 0.3) is 5.56 Å². The van der Waals surface area contributed by atoms with E-state index in [0.717, 1.165) is 16.9 Å². The normalized spacial score (nSPS) is 12.0. The second kappa shape index (κ2) is 7.12. The molecule has 0 unspecified atom stereocenters. The molecule has 0 spiro atoms.